The van der Waals surface area contributed by atoms with Crippen LogP contribution in [0.5, 0.6) is 0 Å². The molecule has 0 aliphatic rings. The zero-order valence-electron chi connectivity index (χ0n) is 17.0. The number of urea groups is 1. The molecule has 0 saturated heterocycles. The van der Waals surface area contributed by atoms with Crippen LogP contribution in [-0.4, -0.2) is 42.4 Å². The summed E-state index contributed by atoms with van der Waals surface area (Å²) in [5.41, 5.74) is 8.10. The van der Waals surface area contributed by atoms with E-state index in [4.69, 9.17) is 4.74 Å². The van der Waals surface area contributed by atoms with Crippen molar-refractivity contribution in [3.63, 3.8) is 0 Å². The Morgan fingerprint density at radius 1 is 1.13 bits per heavy atom. The molecule has 0 aliphatic carbocycles. The molecule has 2 amide bonds. The Morgan fingerprint density at radius 2 is 1.97 bits per heavy atom. The van der Waals surface area contributed by atoms with Gasteiger partial charge >= 0.3 is 6.03 Å². The van der Waals surface area contributed by atoms with E-state index < -0.39 is 6.03 Å². The van der Waals surface area contributed by atoms with Gasteiger partial charge < -0.3 is 10.1 Å². The molecule has 0 saturated carbocycles. The van der Waals surface area contributed by atoms with Crippen LogP contribution in [0.25, 0.3) is 16.9 Å². The van der Waals surface area contributed by atoms with Crippen LogP contribution in [0.15, 0.2) is 48.9 Å². The second kappa shape index (κ2) is 9.13. The van der Waals surface area contributed by atoms with Gasteiger partial charge in [-0.1, -0.05) is 12.1 Å². The summed E-state index contributed by atoms with van der Waals surface area (Å²) < 4.78 is 6.86. The lowest BCUT2D eigenvalue weighted by molar-refractivity contribution is 0.128. The third-order valence-electron chi connectivity index (χ3n) is 4.15. The SMILES string of the molecule is CCOCc1nc(C)cc(NNC(=O)Nc2cnn(-c3cnc4ccccc4n3)c2)n1. The van der Waals surface area contributed by atoms with E-state index in [1.54, 1.807) is 18.5 Å². The molecule has 4 aromatic rings. The minimum absolute atomic E-state index is 0.301. The minimum atomic E-state index is -0.480. The van der Waals surface area contributed by atoms with E-state index in [-0.39, 0.29) is 0 Å². The maximum Gasteiger partial charge on any atom is 0.337 e. The van der Waals surface area contributed by atoms with Crippen LogP contribution in [0, 0.1) is 6.92 Å². The zero-order chi connectivity index (χ0) is 21.6. The number of carbonyl (C=O) groups is 1. The number of carbonyl (C=O) groups excluding carboxylic acids is 1. The first-order valence-corrected chi connectivity index (χ1v) is 9.63. The molecule has 31 heavy (non-hydrogen) atoms. The number of nitrogens with one attached hydrogen (secondary N) is 3. The molecule has 3 heterocycles. The number of para-hydroxylation sites is 2. The van der Waals surface area contributed by atoms with Crippen molar-refractivity contribution in [1.82, 2.24) is 35.1 Å². The van der Waals surface area contributed by atoms with Gasteiger partial charge in [0.05, 0.1) is 35.3 Å². The molecule has 0 radical (unpaired) electrons. The highest BCUT2D eigenvalue weighted by Gasteiger charge is 2.08. The minimum Gasteiger partial charge on any atom is -0.374 e. The first kappa shape index (κ1) is 20.2. The van der Waals surface area contributed by atoms with Gasteiger partial charge in [0, 0.05) is 18.4 Å². The van der Waals surface area contributed by atoms with Gasteiger partial charge in [0.2, 0.25) is 0 Å². The van der Waals surface area contributed by atoms with E-state index in [9.17, 15) is 4.79 Å². The largest absolute Gasteiger partial charge is 0.374 e. The molecule has 0 spiro atoms. The Morgan fingerprint density at radius 3 is 2.81 bits per heavy atom. The highest BCUT2D eigenvalue weighted by atomic mass is 16.5. The van der Waals surface area contributed by atoms with Gasteiger partial charge in [-0.05, 0) is 26.0 Å². The molecule has 0 fully saturated rings. The van der Waals surface area contributed by atoms with E-state index in [1.807, 2.05) is 38.1 Å². The summed E-state index contributed by atoms with van der Waals surface area (Å²) >= 11 is 0. The quantitative estimate of drug-likeness (QED) is 0.390. The van der Waals surface area contributed by atoms with Crippen molar-refractivity contribution in [2.75, 3.05) is 17.3 Å². The number of aromatic nitrogens is 6. The average Bonchev–Trinajstić information content (AvgIpc) is 3.24. The first-order valence-electron chi connectivity index (χ1n) is 9.63. The van der Waals surface area contributed by atoms with E-state index in [2.05, 4.69) is 41.2 Å². The van der Waals surface area contributed by atoms with Gasteiger partial charge in [0.15, 0.2) is 11.6 Å². The Labute approximate surface area is 177 Å². The second-order valence-electron chi connectivity index (χ2n) is 6.54. The Bertz CT molecular complexity index is 1210. The highest BCUT2D eigenvalue weighted by molar-refractivity contribution is 5.89. The van der Waals surface area contributed by atoms with Crippen molar-refractivity contribution in [2.24, 2.45) is 0 Å². The molecule has 3 N–H and O–H groups in total. The molecule has 0 bridgehead atoms. The summed E-state index contributed by atoms with van der Waals surface area (Å²) in [4.78, 5) is 29.7. The molecule has 158 valence electrons. The summed E-state index contributed by atoms with van der Waals surface area (Å²) in [6, 6.07) is 8.80. The molecule has 3 aromatic heterocycles. The van der Waals surface area contributed by atoms with E-state index in [0.29, 0.717) is 36.4 Å². The van der Waals surface area contributed by atoms with E-state index in [1.165, 1.54) is 10.9 Å². The second-order valence-corrected chi connectivity index (χ2v) is 6.54. The summed E-state index contributed by atoms with van der Waals surface area (Å²) in [7, 11) is 0. The van der Waals surface area contributed by atoms with Crippen LogP contribution in [0.4, 0.5) is 16.3 Å². The summed E-state index contributed by atoms with van der Waals surface area (Å²) in [5, 5.41) is 6.92. The molecular weight excluding hydrogens is 398 g/mol. The molecule has 0 atom stereocenters. The van der Waals surface area contributed by atoms with Crippen LogP contribution in [0.1, 0.15) is 18.4 Å². The fourth-order valence-corrected chi connectivity index (χ4v) is 2.81. The number of aryl methyl sites for hydroxylation is 1. The maximum atomic E-state index is 12.2. The lowest BCUT2D eigenvalue weighted by atomic mass is 10.3. The third kappa shape index (κ3) is 5.08. The molecule has 0 unspecified atom stereocenters. The van der Waals surface area contributed by atoms with Crippen LogP contribution in [0.3, 0.4) is 0 Å². The summed E-state index contributed by atoms with van der Waals surface area (Å²) in [5.74, 6) is 1.53. The highest BCUT2D eigenvalue weighted by Crippen LogP contribution is 2.13. The van der Waals surface area contributed by atoms with Gasteiger partial charge in [0.1, 0.15) is 12.4 Å². The third-order valence-corrected chi connectivity index (χ3v) is 4.15. The summed E-state index contributed by atoms with van der Waals surface area (Å²) in [6.45, 7) is 4.61. The Balaban J connectivity index is 1.37. The lowest BCUT2D eigenvalue weighted by Crippen LogP contribution is -2.34. The Hall–Kier alpha value is -4.12. The number of benzene rings is 1. The fourth-order valence-electron chi connectivity index (χ4n) is 2.81. The predicted octanol–water partition coefficient (Wildman–Crippen LogP) is 2.60. The first-order chi connectivity index (χ1) is 15.1. The van der Waals surface area contributed by atoms with Gasteiger partial charge in [-0.3, -0.25) is 15.8 Å². The number of hydrogen-bond donors (Lipinski definition) is 3. The van der Waals surface area contributed by atoms with Gasteiger partial charge in [-0.25, -0.2) is 24.4 Å². The van der Waals surface area contributed by atoms with Crippen molar-refractivity contribution < 1.29 is 9.53 Å². The van der Waals surface area contributed by atoms with Crippen molar-refractivity contribution in [2.45, 2.75) is 20.5 Å². The number of rotatable bonds is 7. The van der Waals surface area contributed by atoms with Crippen LogP contribution in [-0.2, 0) is 11.3 Å². The van der Waals surface area contributed by atoms with Crippen LogP contribution < -0.4 is 16.2 Å². The monoisotopic (exact) mass is 419 g/mol. The number of amides is 2. The lowest BCUT2D eigenvalue weighted by Gasteiger charge is -2.10. The number of hydrazine groups is 1. The number of ether oxygens (including phenoxy) is 1. The van der Waals surface area contributed by atoms with Gasteiger partial charge in [-0.15, -0.1) is 0 Å². The van der Waals surface area contributed by atoms with Gasteiger partial charge in [0.25, 0.3) is 0 Å². The number of hydrogen-bond acceptors (Lipinski definition) is 8. The average molecular weight is 419 g/mol. The molecule has 11 heteroatoms. The molecule has 0 aliphatic heterocycles. The van der Waals surface area contributed by atoms with Crippen molar-refractivity contribution in [3.05, 3.63) is 60.4 Å². The molecule has 11 nitrogen and oxygen atoms in total. The molecule has 1 aromatic carbocycles. The van der Waals surface area contributed by atoms with Crippen LogP contribution >= 0.6 is 0 Å². The summed E-state index contributed by atoms with van der Waals surface area (Å²) in [6.07, 6.45) is 4.79. The van der Waals surface area contributed by atoms with E-state index in [0.717, 1.165) is 16.7 Å². The standard InChI is InChI=1S/C20H21N9O2/c1-3-31-12-18-23-13(2)8-17(26-18)27-28-20(30)24-14-9-22-29(11-14)19-10-21-15-6-4-5-7-16(15)25-19/h4-11H,3,12H2,1-2H3,(H,23,26,27)(H2,24,28,30). The van der Waals surface area contributed by atoms with E-state index >= 15 is 0 Å². The normalized spacial score (nSPS) is 10.8. The van der Waals surface area contributed by atoms with Crippen molar-refractivity contribution in [1.29, 1.82) is 0 Å². The molecular formula is C20H21N9O2. The number of anilines is 2. The zero-order valence-corrected chi connectivity index (χ0v) is 17.0. The molecule has 4 rings (SSSR count). The smallest absolute Gasteiger partial charge is 0.337 e. The number of fused-ring (bicyclic) bond motifs is 1. The maximum absolute atomic E-state index is 12.2. The predicted molar refractivity (Wildman–Crippen MR) is 115 cm³/mol. The fraction of sp³-hybridized carbons (Fsp3) is 0.200. The van der Waals surface area contributed by atoms with Crippen LogP contribution in [0.2, 0.25) is 0 Å². The Kier molecular flexibility index (Phi) is 5.94. The number of nitrogens with zero attached hydrogens (tertiary/aromatic N) is 6. The van der Waals surface area contributed by atoms with Crippen molar-refractivity contribution >= 4 is 28.6 Å². The van der Waals surface area contributed by atoms with Crippen molar-refractivity contribution in [3.8, 4) is 5.82 Å². The topological polar surface area (TPSA) is 132 Å². The van der Waals surface area contributed by atoms with Gasteiger partial charge in [-0.2, -0.15) is 5.10 Å².